The maximum absolute atomic E-state index is 13.1. The largest absolute Gasteiger partial charge is 0.507 e. The van der Waals surface area contributed by atoms with Crippen LogP contribution in [0, 0.1) is 0 Å². The predicted molar refractivity (Wildman–Crippen MR) is 131 cm³/mol. The minimum absolute atomic E-state index is 0.0145. The molecule has 3 rings (SSSR count). The molecule has 0 spiro atoms. The van der Waals surface area contributed by atoms with Crippen molar-refractivity contribution in [1.29, 1.82) is 0 Å². The molecule has 2 aromatic carbocycles. The summed E-state index contributed by atoms with van der Waals surface area (Å²) in [7, 11) is 0. The number of carbonyl (C=O) groups excluding carboxylic acids is 2. The van der Waals surface area contributed by atoms with Gasteiger partial charge in [0.1, 0.15) is 11.5 Å². The quantitative estimate of drug-likeness (QED) is 0.320. The normalized spacial score (nSPS) is 18.3. The molecule has 1 aliphatic heterocycles. The Morgan fingerprint density at radius 2 is 1.76 bits per heavy atom. The van der Waals surface area contributed by atoms with Crippen LogP contribution in [0.4, 0.5) is 0 Å². The van der Waals surface area contributed by atoms with Gasteiger partial charge in [-0.3, -0.25) is 9.59 Å². The minimum Gasteiger partial charge on any atom is -0.507 e. The number of Topliss-reactive ketones (excluding diaryl/α,β-unsaturated/α-hetero) is 1. The van der Waals surface area contributed by atoms with Gasteiger partial charge >= 0.3 is 0 Å². The predicted octanol–water partition coefficient (Wildman–Crippen LogP) is 5.99. The molecule has 0 bridgehead atoms. The first-order valence-electron chi connectivity index (χ1n) is 11.7. The fraction of sp³-hybridized carbons (Fsp3) is 0.429. The average molecular weight is 450 g/mol. The van der Waals surface area contributed by atoms with Gasteiger partial charge in [-0.15, -0.1) is 0 Å². The van der Waals surface area contributed by atoms with Crippen LogP contribution in [0.3, 0.4) is 0 Å². The SMILES string of the molecule is CCCCN1C(=O)C(=O)/C(=C(\O)c2cccc(OC(C)C)c2)C1c1ccc(C(C)(C)C)cc1. The van der Waals surface area contributed by atoms with Crippen molar-refractivity contribution < 1.29 is 19.4 Å². The number of ketones is 1. The lowest BCUT2D eigenvalue weighted by molar-refractivity contribution is -0.139. The number of carbonyl (C=O) groups is 2. The topological polar surface area (TPSA) is 66.8 Å². The van der Waals surface area contributed by atoms with Crippen LogP contribution in [0.15, 0.2) is 54.1 Å². The molecular formula is C28H35NO4. The Morgan fingerprint density at radius 3 is 2.33 bits per heavy atom. The van der Waals surface area contributed by atoms with Gasteiger partial charge in [-0.25, -0.2) is 0 Å². The summed E-state index contributed by atoms with van der Waals surface area (Å²) in [6.45, 7) is 12.8. The van der Waals surface area contributed by atoms with E-state index in [-0.39, 0.29) is 22.9 Å². The molecule has 1 aliphatic rings. The smallest absolute Gasteiger partial charge is 0.295 e. The second kappa shape index (κ2) is 9.82. The van der Waals surface area contributed by atoms with Crippen LogP contribution in [0.25, 0.3) is 5.76 Å². The van der Waals surface area contributed by atoms with E-state index in [0.29, 0.717) is 17.9 Å². The maximum Gasteiger partial charge on any atom is 0.295 e. The summed E-state index contributed by atoms with van der Waals surface area (Å²) < 4.78 is 5.75. The molecule has 1 amide bonds. The highest BCUT2D eigenvalue weighted by atomic mass is 16.5. The van der Waals surface area contributed by atoms with E-state index in [2.05, 4.69) is 20.8 Å². The molecule has 0 saturated carbocycles. The van der Waals surface area contributed by atoms with E-state index in [1.807, 2.05) is 45.0 Å². The molecule has 1 unspecified atom stereocenters. The fourth-order valence-corrected chi connectivity index (χ4v) is 4.10. The number of nitrogens with zero attached hydrogens (tertiary/aromatic N) is 1. The van der Waals surface area contributed by atoms with Crippen LogP contribution in [-0.2, 0) is 15.0 Å². The van der Waals surface area contributed by atoms with E-state index >= 15 is 0 Å². The molecule has 1 atom stereocenters. The molecule has 1 fully saturated rings. The van der Waals surface area contributed by atoms with E-state index in [4.69, 9.17) is 4.74 Å². The van der Waals surface area contributed by atoms with E-state index in [1.165, 1.54) is 0 Å². The number of aliphatic hydroxyl groups excluding tert-OH is 1. The van der Waals surface area contributed by atoms with Crippen molar-refractivity contribution in [3.8, 4) is 5.75 Å². The molecule has 176 valence electrons. The number of likely N-dealkylation sites (tertiary alicyclic amines) is 1. The Balaban J connectivity index is 2.12. The summed E-state index contributed by atoms with van der Waals surface area (Å²) in [6.07, 6.45) is 1.65. The first-order chi connectivity index (χ1) is 15.5. The number of amides is 1. The first-order valence-corrected chi connectivity index (χ1v) is 11.7. The van der Waals surface area contributed by atoms with E-state index in [1.54, 1.807) is 29.2 Å². The van der Waals surface area contributed by atoms with Crippen LogP contribution < -0.4 is 4.74 Å². The van der Waals surface area contributed by atoms with E-state index < -0.39 is 17.7 Å². The van der Waals surface area contributed by atoms with Crippen LogP contribution in [0.1, 0.15) is 77.1 Å². The summed E-state index contributed by atoms with van der Waals surface area (Å²) >= 11 is 0. The third-order valence-electron chi connectivity index (χ3n) is 5.86. The zero-order valence-corrected chi connectivity index (χ0v) is 20.5. The summed E-state index contributed by atoms with van der Waals surface area (Å²) in [4.78, 5) is 27.7. The molecule has 0 aromatic heterocycles. The van der Waals surface area contributed by atoms with Crippen molar-refractivity contribution >= 4 is 17.4 Å². The Kier molecular flexibility index (Phi) is 7.31. The lowest BCUT2D eigenvalue weighted by Gasteiger charge is -2.26. The highest BCUT2D eigenvalue weighted by Gasteiger charge is 2.45. The fourth-order valence-electron chi connectivity index (χ4n) is 4.10. The van der Waals surface area contributed by atoms with Gasteiger partial charge in [0.05, 0.1) is 17.7 Å². The van der Waals surface area contributed by atoms with Crippen LogP contribution in [0.2, 0.25) is 0 Å². The Bertz CT molecular complexity index is 1040. The number of hydrogen-bond acceptors (Lipinski definition) is 4. The second-order valence-electron chi connectivity index (χ2n) is 9.91. The number of ether oxygens (including phenoxy) is 1. The van der Waals surface area contributed by atoms with Crippen molar-refractivity contribution in [2.45, 2.75) is 71.9 Å². The third-order valence-corrected chi connectivity index (χ3v) is 5.86. The Hall–Kier alpha value is -3.08. The molecule has 1 saturated heterocycles. The van der Waals surface area contributed by atoms with Crippen LogP contribution >= 0.6 is 0 Å². The number of benzene rings is 2. The monoisotopic (exact) mass is 449 g/mol. The zero-order valence-electron chi connectivity index (χ0n) is 20.5. The second-order valence-corrected chi connectivity index (χ2v) is 9.91. The summed E-state index contributed by atoms with van der Waals surface area (Å²) in [5, 5.41) is 11.3. The van der Waals surface area contributed by atoms with Gasteiger partial charge < -0.3 is 14.7 Å². The number of rotatable bonds is 7. The Labute approximate surface area is 197 Å². The molecule has 2 aromatic rings. The van der Waals surface area contributed by atoms with Crippen molar-refractivity contribution in [3.63, 3.8) is 0 Å². The van der Waals surface area contributed by atoms with E-state index in [0.717, 1.165) is 24.0 Å². The van der Waals surface area contributed by atoms with Gasteiger partial charge in [0.25, 0.3) is 11.7 Å². The Morgan fingerprint density at radius 1 is 1.09 bits per heavy atom. The third kappa shape index (κ3) is 5.29. The van der Waals surface area contributed by atoms with Gasteiger partial charge in [-0.1, -0.05) is 70.5 Å². The van der Waals surface area contributed by atoms with Gasteiger partial charge in [-0.2, -0.15) is 0 Å². The van der Waals surface area contributed by atoms with Gasteiger partial charge in [0, 0.05) is 12.1 Å². The van der Waals surface area contributed by atoms with Gasteiger partial charge in [-0.05, 0) is 48.9 Å². The summed E-state index contributed by atoms with van der Waals surface area (Å²) in [5.74, 6) is -0.792. The number of hydrogen-bond donors (Lipinski definition) is 1. The van der Waals surface area contributed by atoms with Gasteiger partial charge in [0.2, 0.25) is 0 Å². The zero-order chi connectivity index (χ0) is 24.3. The molecule has 0 aliphatic carbocycles. The van der Waals surface area contributed by atoms with Crippen LogP contribution in [-0.4, -0.2) is 34.3 Å². The standard InChI is InChI=1S/C28H35NO4/c1-7-8-16-29-24(19-12-14-21(15-13-19)28(4,5)6)23(26(31)27(29)32)25(30)20-10-9-11-22(17-20)33-18(2)3/h9-15,17-18,24,30H,7-8,16H2,1-6H3/b25-23-. The van der Waals surface area contributed by atoms with Crippen molar-refractivity contribution in [3.05, 3.63) is 70.8 Å². The maximum atomic E-state index is 13.1. The number of unbranched alkanes of at least 4 members (excludes halogenated alkanes) is 1. The highest BCUT2D eigenvalue weighted by molar-refractivity contribution is 6.46. The highest BCUT2D eigenvalue weighted by Crippen LogP contribution is 2.40. The minimum atomic E-state index is -0.649. The molecule has 1 N–H and O–H groups in total. The van der Waals surface area contributed by atoms with Crippen molar-refractivity contribution in [1.82, 2.24) is 4.90 Å². The molecule has 1 heterocycles. The molecule has 33 heavy (non-hydrogen) atoms. The first kappa shape index (κ1) is 24.6. The molecular weight excluding hydrogens is 414 g/mol. The number of aliphatic hydroxyl groups is 1. The molecule has 5 nitrogen and oxygen atoms in total. The van der Waals surface area contributed by atoms with E-state index in [9.17, 15) is 14.7 Å². The lowest BCUT2D eigenvalue weighted by Crippen LogP contribution is -2.30. The van der Waals surface area contributed by atoms with Crippen LogP contribution in [0.5, 0.6) is 5.75 Å². The van der Waals surface area contributed by atoms with Gasteiger partial charge in [0.15, 0.2) is 0 Å². The van der Waals surface area contributed by atoms with Crippen molar-refractivity contribution in [2.75, 3.05) is 6.54 Å². The summed E-state index contributed by atoms with van der Waals surface area (Å²) in [6, 6.07) is 14.4. The van der Waals surface area contributed by atoms with Crippen molar-refractivity contribution in [2.24, 2.45) is 0 Å². The molecule has 0 radical (unpaired) electrons. The average Bonchev–Trinajstić information content (AvgIpc) is 3.01. The summed E-state index contributed by atoms with van der Waals surface area (Å²) in [5.41, 5.74) is 2.54. The molecule has 5 heteroatoms. The lowest BCUT2D eigenvalue weighted by atomic mass is 9.85.